The Morgan fingerprint density at radius 1 is 1.42 bits per heavy atom. The van der Waals surface area contributed by atoms with Crippen molar-refractivity contribution in [1.82, 2.24) is 20.0 Å². The fourth-order valence-electron chi connectivity index (χ4n) is 2.96. The Morgan fingerprint density at radius 3 is 2.71 bits per heavy atom. The summed E-state index contributed by atoms with van der Waals surface area (Å²) < 4.78 is 1.53. The van der Waals surface area contributed by atoms with Gasteiger partial charge in [-0.25, -0.2) is 9.59 Å². The summed E-state index contributed by atoms with van der Waals surface area (Å²) >= 11 is 1.59. The molecule has 0 saturated carbocycles. The number of urea groups is 1. The molecule has 0 radical (unpaired) electrons. The lowest BCUT2D eigenvalue weighted by Gasteiger charge is -2.38. The summed E-state index contributed by atoms with van der Waals surface area (Å²) in [6.45, 7) is 3.16. The molecule has 0 bridgehead atoms. The molecule has 0 aliphatic carbocycles. The van der Waals surface area contributed by atoms with Gasteiger partial charge in [-0.2, -0.15) is 5.10 Å². The zero-order chi connectivity index (χ0) is 17.2. The molecule has 3 rings (SSSR count). The zero-order valence-electron chi connectivity index (χ0n) is 13.4. The minimum Gasteiger partial charge on any atom is -0.479 e. The van der Waals surface area contributed by atoms with E-state index in [1.54, 1.807) is 28.6 Å². The number of carbonyl (C=O) groups excluding carboxylic acids is 1. The van der Waals surface area contributed by atoms with Crippen LogP contribution < -0.4 is 5.32 Å². The standard InChI is InChI=1S/C16H20N4O3S/c1-12-9-18-20(11-12)16(14(21)22)4-6-19(7-5-16)15(23)17-10-13-3-2-8-24-13/h2-3,8-9,11H,4-7,10H2,1H3,(H,17,23)(H,21,22). The van der Waals surface area contributed by atoms with Gasteiger partial charge in [0.15, 0.2) is 5.54 Å². The van der Waals surface area contributed by atoms with Crippen molar-refractivity contribution < 1.29 is 14.7 Å². The van der Waals surface area contributed by atoms with Crippen LogP contribution in [0.2, 0.25) is 0 Å². The largest absolute Gasteiger partial charge is 0.479 e. The summed E-state index contributed by atoms with van der Waals surface area (Å²) in [5, 5.41) is 18.8. The molecule has 0 aromatic carbocycles. The van der Waals surface area contributed by atoms with Crippen LogP contribution in [-0.2, 0) is 16.9 Å². The fourth-order valence-corrected chi connectivity index (χ4v) is 3.60. The molecule has 0 unspecified atom stereocenters. The van der Waals surface area contributed by atoms with Crippen molar-refractivity contribution in [3.8, 4) is 0 Å². The molecule has 8 heteroatoms. The molecule has 1 aliphatic heterocycles. The Balaban J connectivity index is 1.63. The number of amides is 2. The van der Waals surface area contributed by atoms with Crippen LogP contribution in [0, 0.1) is 6.92 Å². The van der Waals surface area contributed by atoms with Crippen molar-refractivity contribution in [2.75, 3.05) is 13.1 Å². The van der Waals surface area contributed by atoms with Gasteiger partial charge >= 0.3 is 12.0 Å². The highest BCUT2D eigenvalue weighted by molar-refractivity contribution is 7.09. The van der Waals surface area contributed by atoms with E-state index in [0.717, 1.165) is 10.4 Å². The van der Waals surface area contributed by atoms with Crippen molar-refractivity contribution in [1.29, 1.82) is 0 Å². The molecule has 1 saturated heterocycles. The second-order valence-electron chi connectivity index (χ2n) is 6.02. The molecule has 7 nitrogen and oxygen atoms in total. The molecule has 1 aliphatic rings. The molecular weight excluding hydrogens is 328 g/mol. The number of nitrogens with one attached hydrogen (secondary N) is 1. The van der Waals surface area contributed by atoms with Gasteiger partial charge in [0.1, 0.15) is 0 Å². The molecule has 128 valence electrons. The number of carbonyl (C=O) groups is 2. The monoisotopic (exact) mass is 348 g/mol. The SMILES string of the molecule is Cc1cnn(C2(C(=O)O)CCN(C(=O)NCc3cccs3)CC2)c1. The van der Waals surface area contributed by atoms with Crippen LogP contribution in [-0.4, -0.2) is 44.9 Å². The Bertz CT molecular complexity index is 718. The lowest BCUT2D eigenvalue weighted by Crippen LogP contribution is -2.54. The normalized spacial score (nSPS) is 16.8. The van der Waals surface area contributed by atoms with E-state index in [4.69, 9.17) is 0 Å². The number of likely N-dealkylation sites (tertiary alicyclic amines) is 1. The third kappa shape index (κ3) is 3.14. The van der Waals surface area contributed by atoms with E-state index in [1.165, 1.54) is 4.68 Å². The second kappa shape index (κ2) is 6.64. The third-order valence-electron chi connectivity index (χ3n) is 4.42. The van der Waals surface area contributed by atoms with Crippen molar-refractivity contribution in [3.63, 3.8) is 0 Å². The van der Waals surface area contributed by atoms with Crippen molar-refractivity contribution in [2.24, 2.45) is 0 Å². The molecule has 0 spiro atoms. The van der Waals surface area contributed by atoms with Gasteiger partial charge in [0.2, 0.25) is 0 Å². The number of nitrogens with zero attached hydrogens (tertiary/aromatic N) is 3. The Hall–Kier alpha value is -2.35. The molecule has 2 amide bonds. The average molecular weight is 348 g/mol. The second-order valence-corrected chi connectivity index (χ2v) is 7.06. The maximum atomic E-state index is 12.3. The molecule has 0 atom stereocenters. The van der Waals surface area contributed by atoms with Crippen LogP contribution in [0.15, 0.2) is 29.9 Å². The molecular formula is C16H20N4O3S. The van der Waals surface area contributed by atoms with Gasteiger partial charge < -0.3 is 15.3 Å². The Morgan fingerprint density at radius 2 is 2.17 bits per heavy atom. The first-order valence-electron chi connectivity index (χ1n) is 7.81. The number of piperidine rings is 1. The molecule has 24 heavy (non-hydrogen) atoms. The number of aryl methyl sites for hydroxylation is 1. The average Bonchev–Trinajstić information content (AvgIpc) is 3.24. The molecule has 1 fully saturated rings. The number of rotatable bonds is 4. The summed E-state index contributed by atoms with van der Waals surface area (Å²) in [4.78, 5) is 26.9. The van der Waals surface area contributed by atoms with Crippen molar-refractivity contribution >= 4 is 23.3 Å². The summed E-state index contributed by atoms with van der Waals surface area (Å²) in [6, 6.07) is 3.76. The van der Waals surface area contributed by atoms with Crippen LogP contribution in [0.3, 0.4) is 0 Å². The number of carboxylic acids is 1. The summed E-state index contributed by atoms with van der Waals surface area (Å²) in [5.74, 6) is -0.899. The number of hydrogen-bond donors (Lipinski definition) is 2. The smallest absolute Gasteiger partial charge is 0.331 e. The van der Waals surface area contributed by atoms with E-state index in [-0.39, 0.29) is 6.03 Å². The number of thiophene rings is 1. The summed E-state index contributed by atoms with van der Waals surface area (Å²) in [6.07, 6.45) is 4.09. The first kappa shape index (κ1) is 16.5. The topological polar surface area (TPSA) is 87.5 Å². The first-order valence-corrected chi connectivity index (χ1v) is 8.69. The fraction of sp³-hybridized carbons (Fsp3) is 0.438. The van der Waals surface area contributed by atoms with E-state index in [0.29, 0.717) is 32.5 Å². The first-order chi connectivity index (χ1) is 11.5. The van der Waals surface area contributed by atoms with Gasteiger partial charge in [-0.1, -0.05) is 6.07 Å². The number of aromatic nitrogens is 2. The van der Waals surface area contributed by atoms with Gasteiger partial charge in [0, 0.05) is 37.0 Å². The maximum absolute atomic E-state index is 12.3. The summed E-state index contributed by atoms with van der Waals surface area (Å²) in [7, 11) is 0. The van der Waals surface area contributed by atoms with Crippen LogP contribution in [0.5, 0.6) is 0 Å². The van der Waals surface area contributed by atoms with Gasteiger partial charge in [-0.3, -0.25) is 4.68 Å². The summed E-state index contributed by atoms with van der Waals surface area (Å²) in [5.41, 5.74) is -0.148. The van der Waals surface area contributed by atoms with Crippen molar-refractivity contribution in [3.05, 3.63) is 40.3 Å². The number of aliphatic carboxylic acids is 1. The minimum atomic E-state index is -1.07. The van der Waals surface area contributed by atoms with Gasteiger partial charge in [0.05, 0.1) is 12.7 Å². The van der Waals surface area contributed by atoms with Gasteiger partial charge in [-0.15, -0.1) is 11.3 Å². The van der Waals surface area contributed by atoms with E-state index in [1.807, 2.05) is 24.4 Å². The number of carboxylic acid groups (broad SMARTS) is 1. The van der Waals surface area contributed by atoms with Crippen LogP contribution in [0.4, 0.5) is 4.79 Å². The minimum absolute atomic E-state index is 0.154. The van der Waals surface area contributed by atoms with Gasteiger partial charge in [0.25, 0.3) is 0 Å². The highest BCUT2D eigenvalue weighted by Crippen LogP contribution is 2.30. The predicted octanol–water partition coefficient (Wildman–Crippen LogP) is 2.04. The lowest BCUT2D eigenvalue weighted by molar-refractivity contribution is -0.150. The van der Waals surface area contributed by atoms with Crippen LogP contribution >= 0.6 is 11.3 Å². The van der Waals surface area contributed by atoms with E-state index >= 15 is 0 Å². The highest BCUT2D eigenvalue weighted by atomic mass is 32.1. The van der Waals surface area contributed by atoms with Crippen LogP contribution in [0.1, 0.15) is 23.3 Å². The predicted molar refractivity (Wildman–Crippen MR) is 89.9 cm³/mol. The van der Waals surface area contributed by atoms with Crippen LogP contribution in [0.25, 0.3) is 0 Å². The molecule has 2 aromatic rings. The van der Waals surface area contributed by atoms with Crippen molar-refractivity contribution in [2.45, 2.75) is 31.8 Å². The third-order valence-corrected chi connectivity index (χ3v) is 5.30. The van der Waals surface area contributed by atoms with E-state index < -0.39 is 11.5 Å². The molecule has 2 N–H and O–H groups in total. The lowest BCUT2D eigenvalue weighted by atomic mass is 9.87. The zero-order valence-corrected chi connectivity index (χ0v) is 14.3. The molecule has 2 aromatic heterocycles. The van der Waals surface area contributed by atoms with E-state index in [2.05, 4.69) is 10.4 Å². The highest BCUT2D eigenvalue weighted by Gasteiger charge is 2.44. The number of hydrogen-bond acceptors (Lipinski definition) is 4. The molecule has 3 heterocycles. The Kier molecular flexibility index (Phi) is 4.57. The van der Waals surface area contributed by atoms with E-state index in [9.17, 15) is 14.7 Å². The quantitative estimate of drug-likeness (QED) is 0.885. The van der Waals surface area contributed by atoms with Gasteiger partial charge in [-0.05, 0) is 23.9 Å². The maximum Gasteiger partial charge on any atom is 0.331 e. The Labute approximate surface area is 143 Å².